The molecule has 0 aliphatic carbocycles. The maximum atomic E-state index is 12.7. The summed E-state index contributed by atoms with van der Waals surface area (Å²) in [5, 5.41) is 8.29. The van der Waals surface area contributed by atoms with Crippen LogP contribution in [0.5, 0.6) is 5.75 Å². The van der Waals surface area contributed by atoms with E-state index in [0.29, 0.717) is 41.9 Å². The highest BCUT2D eigenvalue weighted by molar-refractivity contribution is 5.86. The van der Waals surface area contributed by atoms with Crippen molar-refractivity contribution >= 4 is 24.1 Å². The van der Waals surface area contributed by atoms with E-state index in [4.69, 9.17) is 13.9 Å². The quantitative estimate of drug-likeness (QED) is 0.148. The van der Waals surface area contributed by atoms with Crippen LogP contribution in [0, 0.1) is 0 Å². The third-order valence-corrected chi connectivity index (χ3v) is 6.39. The van der Waals surface area contributed by atoms with Gasteiger partial charge in [0.1, 0.15) is 24.3 Å². The molecule has 43 heavy (non-hydrogen) atoms. The fourth-order valence-electron chi connectivity index (χ4n) is 4.20. The number of benzene rings is 2. The molecular weight excluding hydrogens is 563 g/mol. The summed E-state index contributed by atoms with van der Waals surface area (Å²) in [4.78, 5) is 18.1. The van der Waals surface area contributed by atoms with E-state index >= 15 is 0 Å². The fourth-order valence-corrected chi connectivity index (χ4v) is 4.20. The second-order valence-corrected chi connectivity index (χ2v) is 10.0. The van der Waals surface area contributed by atoms with E-state index < -0.39 is 17.8 Å². The van der Waals surface area contributed by atoms with Gasteiger partial charge in [0.25, 0.3) is 0 Å². The molecule has 0 aliphatic heterocycles. The van der Waals surface area contributed by atoms with Crippen LogP contribution in [-0.4, -0.2) is 38.7 Å². The molecule has 4 rings (SSSR count). The highest BCUT2D eigenvalue weighted by Crippen LogP contribution is 2.29. The van der Waals surface area contributed by atoms with Gasteiger partial charge in [-0.05, 0) is 81.5 Å². The molecule has 2 aromatic heterocycles. The molecule has 228 valence electrons. The molecular formula is C31H34F3N5O4. The van der Waals surface area contributed by atoms with Gasteiger partial charge < -0.3 is 13.9 Å². The Labute approximate surface area is 247 Å². The van der Waals surface area contributed by atoms with Gasteiger partial charge in [0.2, 0.25) is 5.89 Å². The minimum atomic E-state index is -4.36. The monoisotopic (exact) mass is 597 g/mol. The standard InChI is InChI=1S/C31H34F3N5O4/c1-4-41-30(40)39(22(2)3)28-19-38(37-36-28)18-6-5-7-23-10-15-27(16-11-23)42-20-26-21-43-29(35-26)17-12-24-8-13-25(14-9-24)31(32,33)34/h8-17,19,21-22H,4-7,18,20H2,1-3H3/b17-12+. The average Bonchev–Trinajstić information content (AvgIpc) is 3.63. The van der Waals surface area contributed by atoms with Crippen LogP contribution in [-0.2, 0) is 30.5 Å². The van der Waals surface area contributed by atoms with Crippen LogP contribution in [0.3, 0.4) is 0 Å². The van der Waals surface area contributed by atoms with Crippen LogP contribution in [0.15, 0.2) is 65.4 Å². The van der Waals surface area contributed by atoms with Crippen LogP contribution < -0.4 is 9.64 Å². The molecule has 0 N–H and O–H groups in total. The number of halogens is 3. The lowest BCUT2D eigenvalue weighted by atomic mass is 10.1. The number of oxazole rings is 1. The van der Waals surface area contributed by atoms with Crippen molar-refractivity contribution in [1.29, 1.82) is 0 Å². The molecule has 0 fully saturated rings. The number of anilines is 1. The van der Waals surface area contributed by atoms with Gasteiger partial charge in [-0.3, -0.25) is 9.58 Å². The summed E-state index contributed by atoms with van der Waals surface area (Å²) < 4.78 is 56.2. The summed E-state index contributed by atoms with van der Waals surface area (Å²) in [6.45, 7) is 6.74. The van der Waals surface area contributed by atoms with Crippen LogP contribution in [0.1, 0.15) is 61.9 Å². The number of hydrogen-bond donors (Lipinski definition) is 0. The first-order chi connectivity index (χ1) is 20.6. The van der Waals surface area contributed by atoms with Gasteiger partial charge in [-0.25, -0.2) is 9.78 Å². The van der Waals surface area contributed by atoms with Crippen LogP contribution in [0.4, 0.5) is 23.8 Å². The van der Waals surface area contributed by atoms with Crippen molar-refractivity contribution in [2.24, 2.45) is 0 Å². The van der Waals surface area contributed by atoms with Crippen molar-refractivity contribution < 1.29 is 31.9 Å². The second kappa shape index (κ2) is 14.5. The van der Waals surface area contributed by atoms with Gasteiger partial charge in [-0.2, -0.15) is 13.2 Å². The van der Waals surface area contributed by atoms with Crippen molar-refractivity contribution in [3.05, 3.63) is 89.3 Å². The largest absolute Gasteiger partial charge is 0.487 e. The Balaban J connectivity index is 1.18. The average molecular weight is 598 g/mol. The lowest BCUT2D eigenvalue weighted by Crippen LogP contribution is -2.37. The van der Waals surface area contributed by atoms with Crippen molar-refractivity contribution in [3.63, 3.8) is 0 Å². The van der Waals surface area contributed by atoms with Crippen molar-refractivity contribution in [1.82, 2.24) is 20.0 Å². The molecule has 4 aromatic rings. The number of rotatable bonds is 13. The minimum absolute atomic E-state index is 0.101. The van der Waals surface area contributed by atoms with Gasteiger partial charge in [0.15, 0.2) is 5.82 Å². The molecule has 0 saturated heterocycles. The number of carbonyl (C=O) groups excluding carboxylic acids is 1. The number of ether oxygens (including phenoxy) is 2. The first kappa shape index (κ1) is 31.3. The number of hydrogen-bond acceptors (Lipinski definition) is 7. The molecule has 0 bridgehead atoms. The first-order valence-corrected chi connectivity index (χ1v) is 14.0. The van der Waals surface area contributed by atoms with E-state index in [1.165, 1.54) is 28.9 Å². The summed E-state index contributed by atoms with van der Waals surface area (Å²) in [7, 11) is 0. The SMILES string of the molecule is CCOC(=O)N(c1cn(CCCCc2ccc(OCc3coc(/C=C/c4ccc(C(F)(F)F)cc4)n3)cc2)nn1)C(C)C. The molecule has 12 heteroatoms. The summed E-state index contributed by atoms with van der Waals surface area (Å²) in [5.74, 6) is 1.49. The summed E-state index contributed by atoms with van der Waals surface area (Å²) in [6, 6.07) is 12.6. The van der Waals surface area contributed by atoms with E-state index in [2.05, 4.69) is 15.3 Å². The second-order valence-electron chi connectivity index (χ2n) is 10.0. The number of aromatic nitrogens is 4. The maximum absolute atomic E-state index is 12.7. The summed E-state index contributed by atoms with van der Waals surface area (Å²) in [6.07, 6.45) is 4.39. The predicted molar refractivity (Wildman–Crippen MR) is 155 cm³/mol. The number of nitrogens with zero attached hydrogens (tertiary/aromatic N) is 5. The Kier molecular flexibility index (Phi) is 10.6. The topological polar surface area (TPSA) is 95.5 Å². The first-order valence-electron chi connectivity index (χ1n) is 14.0. The maximum Gasteiger partial charge on any atom is 0.416 e. The van der Waals surface area contributed by atoms with Crippen molar-refractivity contribution in [2.75, 3.05) is 11.5 Å². The normalized spacial score (nSPS) is 11.8. The zero-order valence-electron chi connectivity index (χ0n) is 24.3. The Morgan fingerprint density at radius 1 is 1.07 bits per heavy atom. The fraction of sp³-hybridized carbons (Fsp3) is 0.355. The van der Waals surface area contributed by atoms with Crippen LogP contribution >= 0.6 is 0 Å². The Morgan fingerprint density at radius 2 is 1.81 bits per heavy atom. The van der Waals surface area contributed by atoms with E-state index in [-0.39, 0.29) is 12.6 Å². The third kappa shape index (κ3) is 9.19. The lowest BCUT2D eigenvalue weighted by Gasteiger charge is -2.22. The summed E-state index contributed by atoms with van der Waals surface area (Å²) >= 11 is 0. The third-order valence-electron chi connectivity index (χ3n) is 6.39. The molecule has 0 unspecified atom stereocenters. The Morgan fingerprint density at radius 3 is 2.49 bits per heavy atom. The van der Waals surface area contributed by atoms with Gasteiger partial charge >= 0.3 is 12.3 Å². The van der Waals surface area contributed by atoms with E-state index in [9.17, 15) is 18.0 Å². The highest BCUT2D eigenvalue weighted by atomic mass is 19.4. The number of alkyl halides is 3. The minimum Gasteiger partial charge on any atom is -0.487 e. The lowest BCUT2D eigenvalue weighted by molar-refractivity contribution is -0.137. The molecule has 0 saturated carbocycles. The molecule has 0 radical (unpaired) electrons. The summed E-state index contributed by atoms with van der Waals surface area (Å²) in [5.41, 5.74) is 1.67. The van der Waals surface area contributed by atoms with Gasteiger partial charge in [0, 0.05) is 18.7 Å². The zero-order chi connectivity index (χ0) is 30.8. The molecule has 2 aromatic carbocycles. The van der Waals surface area contributed by atoms with Crippen LogP contribution in [0.2, 0.25) is 0 Å². The Hall–Kier alpha value is -4.61. The van der Waals surface area contributed by atoms with E-state index in [0.717, 1.165) is 31.4 Å². The van der Waals surface area contributed by atoms with Gasteiger partial charge in [-0.1, -0.05) is 29.5 Å². The van der Waals surface area contributed by atoms with E-state index in [1.54, 1.807) is 30.0 Å². The molecule has 0 atom stereocenters. The van der Waals surface area contributed by atoms with E-state index in [1.807, 2.05) is 38.1 Å². The molecule has 0 aliphatic rings. The van der Waals surface area contributed by atoms with Gasteiger partial charge in [0.05, 0.1) is 18.4 Å². The number of aryl methyl sites for hydroxylation is 2. The zero-order valence-corrected chi connectivity index (χ0v) is 24.3. The highest BCUT2D eigenvalue weighted by Gasteiger charge is 2.29. The smallest absolute Gasteiger partial charge is 0.416 e. The number of amides is 1. The molecule has 2 heterocycles. The number of unbranched alkanes of at least 4 members (excludes halogenated alkanes) is 1. The predicted octanol–water partition coefficient (Wildman–Crippen LogP) is 7.43. The molecule has 9 nitrogen and oxygen atoms in total. The van der Waals surface area contributed by atoms with Gasteiger partial charge in [-0.15, -0.1) is 5.10 Å². The molecule has 1 amide bonds. The van der Waals surface area contributed by atoms with Crippen molar-refractivity contribution in [2.45, 2.75) is 65.4 Å². The van der Waals surface area contributed by atoms with Crippen molar-refractivity contribution in [3.8, 4) is 5.75 Å². The van der Waals surface area contributed by atoms with Crippen LogP contribution in [0.25, 0.3) is 12.2 Å². The molecule has 0 spiro atoms. The number of carbonyl (C=O) groups is 1. The Bertz CT molecular complexity index is 1480.